The fourth-order valence-corrected chi connectivity index (χ4v) is 4.25. The first-order valence-corrected chi connectivity index (χ1v) is 10.2. The summed E-state index contributed by atoms with van der Waals surface area (Å²) >= 11 is 0.942. The summed E-state index contributed by atoms with van der Waals surface area (Å²) < 4.78 is 25.6. The lowest BCUT2D eigenvalue weighted by Gasteiger charge is -2.22. The summed E-state index contributed by atoms with van der Waals surface area (Å²) in [5.74, 6) is -0.329. The van der Waals surface area contributed by atoms with Crippen molar-refractivity contribution in [2.45, 2.75) is 11.8 Å². The number of carbonyl (C=O) groups excluding carboxylic acids is 2. The normalized spacial score (nSPS) is 17.4. The molecule has 1 fully saturated rings. The van der Waals surface area contributed by atoms with Gasteiger partial charge in [-0.3, -0.25) is 19.2 Å². The van der Waals surface area contributed by atoms with E-state index >= 15 is 0 Å². The molecule has 2 aromatic carbocycles. The van der Waals surface area contributed by atoms with E-state index in [1.807, 2.05) is 6.07 Å². The Bertz CT molecular complexity index is 896. The van der Waals surface area contributed by atoms with Gasteiger partial charge < -0.3 is 0 Å². The number of para-hydroxylation sites is 1. The van der Waals surface area contributed by atoms with E-state index in [0.717, 1.165) is 17.3 Å². The third-order valence-corrected chi connectivity index (χ3v) is 5.92. The fourth-order valence-electron chi connectivity index (χ4n) is 2.53. The molecule has 1 saturated heterocycles. The van der Waals surface area contributed by atoms with Crippen LogP contribution in [0.1, 0.15) is 16.4 Å². The molecular weight excluding hydrogens is 360 g/mol. The number of nitrogens with one attached hydrogen (secondary N) is 1. The van der Waals surface area contributed by atoms with E-state index in [2.05, 4.69) is 5.32 Å². The highest BCUT2D eigenvalue weighted by Crippen LogP contribution is 2.34. The number of benzene rings is 2. The average molecular weight is 376 g/mol. The topological polar surface area (TPSA) is 83.6 Å². The van der Waals surface area contributed by atoms with Crippen LogP contribution in [-0.2, 0) is 21.4 Å². The first-order valence-electron chi connectivity index (χ1n) is 7.48. The quantitative estimate of drug-likeness (QED) is 0.867. The molecule has 130 valence electrons. The summed E-state index contributed by atoms with van der Waals surface area (Å²) in [5.41, 5.74) is 2.08. The fraction of sp³-hybridized carbons (Fsp3) is 0.176. The molecule has 2 amide bonds. The highest BCUT2D eigenvalue weighted by Gasteiger charge is 2.32. The van der Waals surface area contributed by atoms with Gasteiger partial charge >= 0.3 is 0 Å². The van der Waals surface area contributed by atoms with Gasteiger partial charge in [-0.1, -0.05) is 42.5 Å². The lowest BCUT2D eigenvalue weighted by molar-refractivity contribution is -0.119. The molecule has 0 saturated carbocycles. The molecule has 0 aliphatic carbocycles. The van der Waals surface area contributed by atoms with E-state index in [0.29, 0.717) is 11.3 Å². The third kappa shape index (κ3) is 4.02. The summed E-state index contributed by atoms with van der Waals surface area (Å²) in [6.07, 6.45) is 1.17. The molecule has 2 aromatic rings. The Hall–Kier alpha value is -2.32. The Balaban J connectivity index is 1.82. The van der Waals surface area contributed by atoms with Crippen LogP contribution in [0.2, 0.25) is 0 Å². The highest BCUT2D eigenvalue weighted by atomic mass is 32.2. The van der Waals surface area contributed by atoms with Crippen molar-refractivity contribution in [3.8, 4) is 0 Å². The number of anilines is 1. The van der Waals surface area contributed by atoms with Gasteiger partial charge in [-0.15, -0.1) is 0 Å². The number of sulfonamides is 1. The van der Waals surface area contributed by atoms with Gasteiger partial charge in [0.1, 0.15) is 5.25 Å². The predicted molar refractivity (Wildman–Crippen MR) is 97.8 cm³/mol. The van der Waals surface area contributed by atoms with Crippen molar-refractivity contribution in [1.82, 2.24) is 5.32 Å². The summed E-state index contributed by atoms with van der Waals surface area (Å²) in [6, 6.07) is 15.9. The lowest BCUT2D eigenvalue weighted by atomic mass is 10.1. The zero-order valence-electron chi connectivity index (χ0n) is 13.4. The zero-order chi connectivity index (χ0) is 18.0. The lowest BCUT2D eigenvalue weighted by Crippen LogP contribution is -2.29. The van der Waals surface area contributed by atoms with E-state index in [9.17, 15) is 18.0 Å². The van der Waals surface area contributed by atoms with Gasteiger partial charge in [0.25, 0.3) is 5.24 Å². The minimum Gasteiger partial charge on any atom is -0.286 e. The average Bonchev–Trinajstić information content (AvgIpc) is 2.91. The van der Waals surface area contributed by atoms with Crippen LogP contribution in [0.4, 0.5) is 10.5 Å². The van der Waals surface area contributed by atoms with Crippen LogP contribution in [0.5, 0.6) is 0 Å². The Morgan fingerprint density at radius 2 is 1.68 bits per heavy atom. The summed E-state index contributed by atoms with van der Waals surface area (Å²) in [4.78, 5) is 23.0. The minimum absolute atomic E-state index is 0.187. The van der Waals surface area contributed by atoms with Crippen LogP contribution < -0.4 is 9.62 Å². The first-order chi connectivity index (χ1) is 11.8. The SMILES string of the molecule is CS(=O)(=O)N(Cc1ccc(C2SC(=O)NC2=O)cc1)c1ccccc1. The van der Waals surface area contributed by atoms with Gasteiger partial charge in [0, 0.05) is 0 Å². The van der Waals surface area contributed by atoms with Gasteiger partial charge in [0.2, 0.25) is 15.9 Å². The van der Waals surface area contributed by atoms with Crippen LogP contribution in [0, 0.1) is 0 Å². The maximum Gasteiger partial charge on any atom is 0.286 e. The van der Waals surface area contributed by atoms with Gasteiger partial charge in [0.15, 0.2) is 0 Å². The molecule has 1 heterocycles. The van der Waals surface area contributed by atoms with E-state index < -0.39 is 15.3 Å². The van der Waals surface area contributed by atoms with Crippen molar-refractivity contribution < 1.29 is 18.0 Å². The molecular formula is C17H16N2O4S2. The molecule has 6 nitrogen and oxygen atoms in total. The minimum atomic E-state index is -3.44. The Morgan fingerprint density at radius 3 is 2.20 bits per heavy atom. The number of hydrogen-bond donors (Lipinski definition) is 1. The summed E-state index contributed by atoms with van der Waals surface area (Å²) in [5, 5.41) is 1.34. The van der Waals surface area contributed by atoms with Crippen LogP contribution >= 0.6 is 11.8 Å². The second kappa shape index (κ2) is 6.89. The number of imide groups is 1. The maximum absolute atomic E-state index is 12.1. The number of carbonyl (C=O) groups is 2. The molecule has 1 unspecified atom stereocenters. The molecule has 1 aliphatic rings. The first kappa shape index (κ1) is 17.5. The Kier molecular flexibility index (Phi) is 4.82. The molecule has 0 radical (unpaired) electrons. The Morgan fingerprint density at radius 1 is 1.04 bits per heavy atom. The van der Waals surface area contributed by atoms with Crippen molar-refractivity contribution in [1.29, 1.82) is 0 Å². The van der Waals surface area contributed by atoms with Gasteiger partial charge in [-0.2, -0.15) is 0 Å². The van der Waals surface area contributed by atoms with E-state index in [4.69, 9.17) is 0 Å². The Labute approximate surface area is 150 Å². The van der Waals surface area contributed by atoms with Crippen molar-refractivity contribution in [2.24, 2.45) is 0 Å². The standard InChI is InChI=1S/C17H16N2O4S2/c1-25(22,23)19(14-5-3-2-4-6-14)11-12-7-9-13(10-8-12)15-16(20)18-17(21)24-15/h2-10,15H,11H2,1H3,(H,18,20,21). The van der Waals surface area contributed by atoms with Crippen LogP contribution in [0.3, 0.4) is 0 Å². The zero-order valence-corrected chi connectivity index (χ0v) is 15.0. The predicted octanol–water partition coefficient (Wildman–Crippen LogP) is 2.68. The highest BCUT2D eigenvalue weighted by molar-refractivity contribution is 8.15. The molecule has 8 heteroatoms. The van der Waals surface area contributed by atoms with Gasteiger partial charge in [0.05, 0.1) is 18.5 Å². The van der Waals surface area contributed by atoms with Crippen LogP contribution in [0.15, 0.2) is 54.6 Å². The second-order valence-electron chi connectivity index (χ2n) is 5.62. The molecule has 25 heavy (non-hydrogen) atoms. The molecule has 0 bridgehead atoms. The molecule has 1 atom stereocenters. The van der Waals surface area contributed by atoms with Gasteiger partial charge in [-0.25, -0.2) is 8.42 Å². The molecule has 0 aromatic heterocycles. The molecule has 1 aliphatic heterocycles. The van der Waals surface area contributed by atoms with Crippen LogP contribution in [-0.4, -0.2) is 25.8 Å². The number of hydrogen-bond acceptors (Lipinski definition) is 5. The van der Waals surface area contributed by atoms with Crippen molar-refractivity contribution in [3.05, 3.63) is 65.7 Å². The molecule has 3 rings (SSSR count). The smallest absolute Gasteiger partial charge is 0.286 e. The van der Waals surface area contributed by atoms with Crippen molar-refractivity contribution in [2.75, 3.05) is 10.6 Å². The summed E-state index contributed by atoms with van der Waals surface area (Å²) in [6.45, 7) is 0.187. The number of amides is 2. The number of rotatable bonds is 5. The van der Waals surface area contributed by atoms with Crippen molar-refractivity contribution >= 4 is 38.6 Å². The van der Waals surface area contributed by atoms with E-state index in [1.54, 1.807) is 48.5 Å². The molecule has 0 spiro atoms. The summed E-state index contributed by atoms with van der Waals surface area (Å²) in [7, 11) is -3.44. The monoisotopic (exact) mass is 376 g/mol. The van der Waals surface area contributed by atoms with Crippen LogP contribution in [0.25, 0.3) is 0 Å². The van der Waals surface area contributed by atoms with Crippen molar-refractivity contribution in [3.63, 3.8) is 0 Å². The van der Waals surface area contributed by atoms with E-state index in [-0.39, 0.29) is 17.7 Å². The number of nitrogens with zero attached hydrogens (tertiary/aromatic N) is 1. The molecule has 1 N–H and O–H groups in total. The third-order valence-electron chi connectivity index (χ3n) is 3.74. The van der Waals surface area contributed by atoms with Gasteiger partial charge in [-0.05, 0) is 35.0 Å². The maximum atomic E-state index is 12.1. The van der Waals surface area contributed by atoms with E-state index in [1.165, 1.54) is 10.6 Å². The number of thioether (sulfide) groups is 1. The second-order valence-corrected chi connectivity index (χ2v) is 8.61. The largest absolute Gasteiger partial charge is 0.286 e.